The van der Waals surface area contributed by atoms with E-state index in [2.05, 4.69) is 10.7 Å². The van der Waals surface area contributed by atoms with Crippen molar-refractivity contribution in [1.82, 2.24) is 10.7 Å². The predicted molar refractivity (Wildman–Crippen MR) is 31.6 cm³/mol. The standard InChI is InChI=1S/C4H13N3O/c1-2-3-6-4(8)7-5/h4,6-8H,2-3,5H2,1H3. The van der Waals surface area contributed by atoms with Gasteiger partial charge in [0.15, 0.2) is 6.35 Å². The number of hydrogen-bond acceptors (Lipinski definition) is 4. The summed E-state index contributed by atoms with van der Waals surface area (Å²) in [4.78, 5) is 0. The lowest BCUT2D eigenvalue weighted by Gasteiger charge is -2.08. The maximum Gasteiger partial charge on any atom is 0.172 e. The van der Waals surface area contributed by atoms with E-state index in [1.165, 1.54) is 0 Å². The van der Waals surface area contributed by atoms with Crippen LogP contribution in [0.15, 0.2) is 0 Å². The zero-order valence-corrected chi connectivity index (χ0v) is 5.02. The monoisotopic (exact) mass is 119 g/mol. The van der Waals surface area contributed by atoms with Crippen molar-refractivity contribution in [2.75, 3.05) is 6.54 Å². The lowest BCUT2D eigenvalue weighted by atomic mass is 10.5. The van der Waals surface area contributed by atoms with Crippen molar-refractivity contribution in [2.45, 2.75) is 19.7 Å². The van der Waals surface area contributed by atoms with Gasteiger partial charge in [-0.1, -0.05) is 6.92 Å². The zero-order chi connectivity index (χ0) is 6.41. The number of nitrogens with one attached hydrogen (secondary N) is 2. The second-order valence-corrected chi connectivity index (χ2v) is 1.52. The highest BCUT2D eigenvalue weighted by molar-refractivity contribution is 4.42. The Hall–Kier alpha value is -0.160. The summed E-state index contributed by atoms with van der Waals surface area (Å²) in [6, 6.07) is 0. The van der Waals surface area contributed by atoms with Gasteiger partial charge in [0, 0.05) is 0 Å². The average Bonchev–Trinajstić information content (AvgIpc) is 1.83. The minimum atomic E-state index is -0.769. The van der Waals surface area contributed by atoms with Gasteiger partial charge in [-0.3, -0.25) is 11.2 Å². The molecule has 0 spiro atoms. The fourth-order valence-electron chi connectivity index (χ4n) is 0.340. The Balaban J connectivity index is 2.86. The molecule has 0 saturated carbocycles. The van der Waals surface area contributed by atoms with Crippen molar-refractivity contribution in [1.29, 1.82) is 0 Å². The molecule has 0 aromatic rings. The van der Waals surface area contributed by atoms with Crippen molar-refractivity contribution < 1.29 is 5.11 Å². The van der Waals surface area contributed by atoms with Crippen LogP contribution in [-0.4, -0.2) is 18.0 Å². The number of nitrogens with two attached hydrogens (primary N) is 1. The van der Waals surface area contributed by atoms with Crippen molar-refractivity contribution in [3.8, 4) is 0 Å². The second kappa shape index (κ2) is 4.99. The predicted octanol–water partition coefficient (Wildman–Crippen LogP) is -1.27. The summed E-state index contributed by atoms with van der Waals surface area (Å²) < 4.78 is 0. The van der Waals surface area contributed by atoms with Gasteiger partial charge in [-0.15, -0.1) is 0 Å². The van der Waals surface area contributed by atoms with Crippen LogP contribution in [0.3, 0.4) is 0 Å². The van der Waals surface area contributed by atoms with Crippen LogP contribution in [0.1, 0.15) is 13.3 Å². The van der Waals surface area contributed by atoms with E-state index in [0.717, 1.165) is 13.0 Å². The van der Waals surface area contributed by atoms with Crippen LogP contribution >= 0.6 is 0 Å². The van der Waals surface area contributed by atoms with E-state index in [1.807, 2.05) is 6.92 Å². The SMILES string of the molecule is CCCNC(O)NN. The Labute approximate surface area is 49.0 Å². The van der Waals surface area contributed by atoms with E-state index in [4.69, 9.17) is 10.9 Å². The van der Waals surface area contributed by atoms with Gasteiger partial charge >= 0.3 is 0 Å². The zero-order valence-electron chi connectivity index (χ0n) is 5.02. The average molecular weight is 119 g/mol. The summed E-state index contributed by atoms with van der Waals surface area (Å²) >= 11 is 0. The molecule has 0 heterocycles. The van der Waals surface area contributed by atoms with Crippen LogP contribution in [0.25, 0.3) is 0 Å². The maximum absolute atomic E-state index is 8.64. The molecule has 0 radical (unpaired) electrons. The molecule has 0 aliphatic carbocycles. The van der Waals surface area contributed by atoms with Gasteiger partial charge in [-0.05, 0) is 13.0 Å². The summed E-state index contributed by atoms with van der Waals surface area (Å²) in [5.41, 5.74) is 2.14. The molecule has 0 aliphatic rings. The van der Waals surface area contributed by atoms with Gasteiger partial charge in [0.25, 0.3) is 0 Å². The van der Waals surface area contributed by atoms with Crippen LogP contribution in [-0.2, 0) is 0 Å². The molecule has 0 amide bonds. The summed E-state index contributed by atoms with van der Waals surface area (Å²) in [6.45, 7) is 2.78. The van der Waals surface area contributed by atoms with Gasteiger partial charge in [0.1, 0.15) is 0 Å². The lowest BCUT2D eigenvalue weighted by molar-refractivity contribution is 0.103. The minimum absolute atomic E-state index is 0.769. The Bertz CT molecular complexity index is 50.5. The smallest absolute Gasteiger partial charge is 0.172 e. The van der Waals surface area contributed by atoms with Crippen LogP contribution in [0.4, 0.5) is 0 Å². The van der Waals surface area contributed by atoms with Crippen LogP contribution in [0.2, 0.25) is 0 Å². The Morgan fingerprint density at radius 2 is 2.38 bits per heavy atom. The lowest BCUT2D eigenvalue weighted by Crippen LogP contribution is -2.46. The normalized spacial score (nSPS) is 13.9. The van der Waals surface area contributed by atoms with Crippen molar-refractivity contribution in [3.05, 3.63) is 0 Å². The third kappa shape index (κ3) is 4.01. The van der Waals surface area contributed by atoms with E-state index in [1.54, 1.807) is 0 Å². The summed E-state index contributed by atoms with van der Waals surface area (Å²) in [5, 5.41) is 11.3. The second-order valence-electron chi connectivity index (χ2n) is 1.52. The quantitative estimate of drug-likeness (QED) is 0.211. The van der Waals surface area contributed by atoms with Gasteiger partial charge in [-0.2, -0.15) is 0 Å². The molecule has 0 aromatic carbocycles. The number of hydrogen-bond donors (Lipinski definition) is 4. The molecular formula is C4H13N3O. The summed E-state index contributed by atoms with van der Waals surface area (Å²) in [7, 11) is 0. The highest BCUT2D eigenvalue weighted by atomic mass is 16.3. The van der Waals surface area contributed by atoms with E-state index in [0.29, 0.717) is 0 Å². The molecule has 8 heavy (non-hydrogen) atoms. The van der Waals surface area contributed by atoms with Gasteiger partial charge in [0.05, 0.1) is 0 Å². The van der Waals surface area contributed by atoms with Crippen molar-refractivity contribution >= 4 is 0 Å². The first-order chi connectivity index (χ1) is 3.81. The van der Waals surface area contributed by atoms with Crippen molar-refractivity contribution in [3.63, 3.8) is 0 Å². The number of hydrazine groups is 1. The molecular weight excluding hydrogens is 106 g/mol. The first-order valence-electron chi connectivity index (χ1n) is 2.68. The first-order valence-corrected chi connectivity index (χ1v) is 2.68. The number of aliphatic hydroxyl groups excluding tert-OH is 1. The fraction of sp³-hybridized carbons (Fsp3) is 1.00. The molecule has 4 heteroatoms. The van der Waals surface area contributed by atoms with Crippen LogP contribution in [0.5, 0.6) is 0 Å². The molecule has 1 unspecified atom stereocenters. The molecule has 1 atom stereocenters. The van der Waals surface area contributed by atoms with Gasteiger partial charge in [-0.25, -0.2) is 5.43 Å². The number of aliphatic hydroxyl groups is 1. The van der Waals surface area contributed by atoms with Gasteiger partial charge < -0.3 is 5.11 Å². The van der Waals surface area contributed by atoms with Crippen molar-refractivity contribution in [2.24, 2.45) is 5.84 Å². The third-order valence-electron chi connectivity index (χ3n) is 0.746. The Kier molecular flexibility index (Phi) is 4.89. The van der Waals surface area contributed by atoms with Crippen LogP contribution < -0.4 is 16.6 Å². The maximum atomic E-state index is 8.64. The van der Waals surface area contributed by atoms with E-state index in [9.17, 15) is 0 Å². The summed E-state index contributed by atoms with van der Waals surface area (Å²) in [6.07, 6.45) is 0.216. The molecule has 0 bridgehead atoms. The highest BCUT2D eigenvalue weighted by Gasteiger charge is 1.93. The largest absolute Gasteiger partial charge is 0.364 e. The molecule has 0 aliphatic heterocycles. The molecule has 0 rings (SSSR count). The molecule has 5 N–H and O–H groups in total. The van der Waals surface area contributed by atoms with E-state index < -0.39 is 6.35 Å². The number of rotatable bonds is 4. The highest BCUT2D eigenvalue weighted by Crippen LogP contribution is 1.69. The topological polar surface area (TPSA) is 70.3 Å². The summed E-state index contributed by atoms with van der Waals surface area (Å²) in [5.74, 6) is 4.85. The Morgan fingerprint density at radius 1 is 1.75 bits per heavy atom. The van der Waals surface area contributed by atoms with Crippen LogP contribution in [0, 0.1) is 0 Å². The molecule has 0 saturated heterocycles. The third-order valence-corrected chi connectivity index (χ3v) is 0.746. The Morgan fingerprint density at radius 3 is 2.75 bits per heavy atom. The van der Waals surface area contributed by atoms with E-state index >= 15 is 0 Å². The molecule has 4 nitrogen and oxygen atoms in total. The molecule has 50 valence electrons. The minimum Gasteiger partial charge on any atom is -0.364 e. The van der Waals surface area contributed by atoms with Gasteiger partial charge in [0.2, 0.25) is 0 Å². The molecule has 0 fully saturated rings. The van der Waals surface area contributed by atoms with E-state index in [-0.39, 0.29) is 0 Å². The first kappa shape index (κ1) is 7.84. The molecule has 0 aromatic heterocycles. The fourth-order valence-corrected chi connectivity index (χ4v) is 0.340.